The fourth-order valence-corrected chi connectivity index (χ4v) is 6.17. The molecule has 11 heteroatoms. The molecule has 0 unspecified atom stereocenters. The van der Waals surface area contributed by atoms with Gasteiger partial charge in [0, 0.05) is 37.5 Å². The van der Waals surface area contributed by atoms with E-state index >= 15 is 0 Å². The molecule has 0 saturated carbocycles. The Bertz CT molecular complexity index is 1130. The Balaban J connectivity index is 1.54. The van der Waals surface area contributed by atoms with Crippen LogP contribution < -0.4 is 15.8 Å². The lowest BCUT2D eigenvalue weighted by atomic mass is 9.98. The fourth-order valence-electron chi connectivity index (χ4n) is 3.49. The molecule has 1 heterocycles. The lowest BCUT2D eigenvalue weighted by Gasteiger charge is -2.33. The third kappa shape index (κ3) is 5.78. The Morgan fingerprint density at radius 3 is 2.35 bits per heavy atom. The Morgan fingerprint density at radius 1 is 1.12 bits per heavy atom. The Labute approximate surface area is 203 Å². The maximum Gasteiger partial charge on any atom is 0.306 e. The van der Waals surface area contributed by atoms with E-state index < -0.39 is 26.4 Å². The van der Waals surface area contributed by atoms with Crippen LogP contribution >= 0.6 is 11.8 Å². The summed E-state index contributed by atoms with van der Waals surface area (Å²) in [5.41, 5.74) is 5.51. The number of aliphatic imine (C=N–C) groups is 1. The van der Waals surface area contributed by atoms with E-state index in [-0.39, 0.29) is 36.8 Å². The van der Waals surface area contributed by atoms with E-state index in [1.807, 2.05) is 6.07 Å². The number of ether oxygens (including phenoxy) is 2. The first-order valence-corrected chi connectivity index (χ1v) is 13.1. The molecule has 3 rings (SSSR count). The molecule has 2 amide bonds. The van der Waals surface area contributed by atoms with Crippen molar-refractivity contribution in [3.05, 3.63) is 54.6 Å². The maximum absolute atomic E-state index is 13.2. The summed E-state index contributed by atoms with van der Waals surface area (Å²) < 4.78 is 35.4. The average Bonchev–Trinajstić information content (AvgIpc) is 2.86. The molecular weight excluding hydrogens is 478 g/mol. The van der Waals surface area contributed by atoms with Gasteiger partial charge in [0.05, 0.1) is 4.90 Å². The van der Waals surface area contributed by atoms with Crippen molar-refractivity contribution in [3.63, 3.8) is 0 Å². The quantitative estimate of drug-likeness (QED) is 0.242. The third-order valence-electron chi connectivity index (χ3n) is 5.41. The van der Waals surface area contributed by atoms with Crippen molar-refractivity contribution in [2.24, 2.45) is 10.7 Å². The molecule has 182 valence electrons. The minimum Gasteiger partial charge on any atom is -0.435 e. The Morgan fingerprint density at radius 2 is 1.76 bits per heavy atom. The SMILES string of the molecule is CN=C(Oc1ccccc1)C(=O)NCCSc1ccc(S(=O)(=O)C2(C(N)=O)CCOCC2)cc1. The monoisotopic (exact) mass is 505 g/mol. The highest BCUT2D eigenvalue weighted by Gasteiger charge is 2.51. The van der Waals surface area contributed by atoms with Crippen LogP contribution in [0.3, 0.4) is 0 Å². The number of nitrogens with two attached hydrogens (primary N) is 1. The summed E-state index contributed by atoms with van der Waals surface area (Å²) in [5, 5.41) is 2.75. The molecule has 3 N–H and O–H groups in total. The fraction of sp³-hybridized carbons (Fsp3) is 0.348. The van der Waals surface area contributed by atoms with E-state index in [9.17, 15) is 18.0 Å². The lowest BCUT2D eigenvalue weighted by Crippen LogP contribution is -2.53. The second-order valence-electron chi connectivity index (χ2n) is 7.49. The molecule has 1 saturated heterocycles. The highest BCUT2D eigenvalue weighted by Crippen LogP contribution is 2.35. The summed E-state index contributed by atoms with van der Waals surface area (Å²) in [4.78, 5) is 29.1. The van der Waals surface area contributed by atoms with Crippen LogP contribution in [0.2, 0.25) is 0 Å². The molecule has 2 aromatic rings. The maximum atomic E-state index is 13.2. The van der Waals surface area contributed by atoms with Crippen molar-refractivity contribution < 1.29 is 27.5 Å². The number of hydrogen-bond acceptors (Lipinski definition) is 8. The molecule has 0 aromatic heterocycles. The number of hydrogen-bond donors (Lipinski definition) is 2. The number of amides is 2. The van der Waals surface area contributed by atoms with Crippen molar-refractivity contribution in [3.8, 4) is 5.75 Å². The topological polar surface area (TPSA) is 137 Å². The number of para-hydroxylation sites is 1. The van der Waals surface area contributed by atoms with E-state index in [1.165, 1.54) is 30.9 Å². The van der Waals surface area contributed by atoms with Crippen LogP contribution in [-0.4, -0.2) is 63.4 Å². The molecule has 34 heavy (non-hydrogen) atoms. The minimum absolute atomic E-state index is 0.0396. The molecule has 1 aliphatic rings. The summed E-state index contributed by atoms with van der Waals surface area (Å²) in [6.07, 6.45) is 0.0792. The summed E-state index contributed by atoms with van der Waals surface area (Å²) >= 11 is 1.44. The molecule has 0 spiro atoms. The number of nitrogens with zero attached hydrogens (tertiary/aromatic N) is 1. The molecule has 1 fully saturated rings. The van der Waals surface area contributed by atoms with E-state index in [0.29, 0.717) is 18.0 Å². The van der Waals surface area contributed by atoms with Gasteiger partial charge in [-0.2, -0.15) is 0 Å². The van der Waals surface area contributed by atoms with Crippen LogP contribution in [0.5, 0.6) is 5.75 Å². The van der Waals surface area contributed by atoms with Gasteiger partial charge in [0.2, 0.25) is 5.91 Å². The second-order valence-corrected chi connectivity index (χ2v) is 10.9. The van der Waals surface area contributed by atoms with Crippen LogP contribution in [0.4, 0.5) is 0 Å². The van der Waals surface area contributed by atoms with E-state index in [0.717, 1.165) is 4.90 Å². The minimum atomic E-state index is -3.96. The number of benzene rings is 2. The molecule has 9 nitrogen and oxygen atoms in total. The van der Waals surface area contributed by atoms with Crippen LogP contribution in [0, 0.1) is 0 Å². The number of carbonyl (C=O) groups excluding carboxylic acids is 2. The largest absolute Gasteiger partial charge is 0.435 e. The zero-order valence-corrected chi connectivity index (χ0v) is 20.4. The van der Waals surface area contributed by atoms with E-state index in [4.69, 9.17) is 15.2 Å². The number of primary amides is 1. The van der Waals surface area contributed by atoms with Crippen molar-refractivity contribution in [2.75, 3.05) is 32.6 Å². The van der Waals surface area contributed by atoms with Gasteiger partial charge in [0.1, 0.15) is 5.75 Å². The standard InChI is InChI=1S/C23H27N3O6S2/c1-25-21(32-17-5-3-2-4-6-17)20(27)26-13-16-33-18-7-9-19(10-8-18)34(29,30)23(22(24)28)11-14-31-15-12-23/h2-10H,11-16H2,1H3,(H2,24,28)(H,26,27). The number of sulfone groups is 1. The van der Waals surface area contributed by atoms with Crippen molar-refractivity contribution in [2.45, 2.75) is 27.4 Å². The number of nitrogens with one attached hydrogen (secondary N) is 1. The van der Waals surface area contributed by atoms with Crippen molar-refractivity contribution in [1.82, 2.24) is 5.32 Å². The molecule has 0 atom stereocenters. The third-order valence-corrected chi connectivity index (χ3v) is 8.95. The number of rotatable bonds is 8. The van der Waals surface area contributed by atoms with Crippen LogP contribution in [0.25, 0.3) is 0 Å². The molecule has 0 radical (unpaired) electrons. The van der Waals surface area contributed by atoms with Gasteiger partial charge >= 0.3 is 5.91 Å². The van der Waals surface area contributed by atoms with Gasteiger partial charge in [-0.1, -0.05) is 18.2 Å². The molecule has 0 aliphatic carbocycles. The highest BCUT2D eigenvalue weighted by molar-refractivity contribution is 7.99. The Kier molecular flexibility index (Phi) is 8.70. The van der Waals surface area contributed by atoms with Crippen molar-refractivity contribution >= 4 is 39.3 Å². The van der Waals surface area contributed by atoms with Gasteiger partial charge in [-0.25, -0.2) is 13.4 Å². The van der Waals surface area contributed by atoms with Gasteiger partial charge in [-0.15, -0.1) is 11.8 Å². The first-order valence-electron chi connectivity index (χ1n) is 10.6. The van der Waals surface area contributed by atoms with Crippen molar-refractivity contribution in [1.29, 1.82) is 0 Å². The molecular formula is C23H27N3O6S2. The van der Waals surface area contributed by atoms with Gasteiger partial charge in [-0.3, -0.25) is 9.59 Å². The summed E-state index contributed by atoms with van der Waals surface area (Å²) in [7, 11) is -2.49. The van der Waals surface area contributed by atoms with Gasteiger partial charge in [0.25, 0.3) is 5.90 Å². The smallest absolute Gasteiger partial charge is 0.306 e. The normalized spacial score (nSPS) is 16.0. The van der Waals surface area contributed by atoms with Gasteiger partial charge in [0.15, 0.2) is 14.6 Å². The first-order chi connectivity index (χ1) is 16.3. The summed E-state index contributed by atoms with van der Waals surface area (Å²) in [6.45, 7) is 0.691. The number of thioether (sulfide) groups is 1. The Hall–Kier alpha value is -2.89. The van der Waals surface area contributed by atoms with Crippen LogP contribution in [0.15, 0.2) is 69.4 Å². The highest BCUT2D eigenvalue weighted by atomic mass is 32.2. The van der Waals surface area contributed by atoms with Crippen LogP contribution in [0.1, 0.15) is 12.8 Å². The molecule has 0 bridgehead atoms. The van der Waals surface area contributed by atoms with E-state index in [2.05, 4.69) is 10.3 Å². The van der Waals surface area contributed by atoms with Gasteiger partial charge < -0.3 is 20.5 Å². The average molecular weight is 506 g/mol. The summed E-state index contributed by atoms with van der Waals surface area (Å²) in [6, 6.07) is 15.2. The molecule has 1 aliphatic heterocycles. The summed E-state index contributed by atoms with van der Waals surface area (Å²) in [5.74, 6) is -0.260. The predicted molar refractivity (Wildman–Crippen MR) is 130 cm³/mol. The predicted octanol–water partition coefficient (Wildman–Crippen LogP) is 1.81. The molecule has 2 aromatic carbocycles. The first kappa shape index (κ1) is 25.7. The zero-order chi connectivity index (χ0) is 24.6. The number of carbonyl (C=O) groups is 2. The lowest BCUT2D eigenvalue weighted by molar-refractivity contribution is -0.123. The van der Waals surface area contributed by atoms with E-state index in [1.54, 1.807) is 36.4 Å². The second kappa shape index (κ2) is 11.5. The van der Waals surface area contributed by atoms with Gasteiger partial charge in [-0.05, 0) is 49.2 Å². The van der Waals surface area contributed by atoms with Crippen LogP contribution in [-0.2, 0) is 24.2 Å². The zero-order valence-electron chi connectivity index (χ0n) is 18.7.